The number of quaternary nitrogens is 1. The van der Waals surface area contributed by atoms with E-state index in [1.165, 1.54) is 89.9 Å². The van der Waals surface area contributed by atoms with Gasteiger partial charge in [0.25, 0.3) is 7.82 Å². The molecule has 0 rings (SSSR count). The van der Waals surface area contributed by atoms with E-state index in [1.807, 2.05) is 18.2 Å². The summed E-state index contributed by atoms with van der Waals surface area (Å²) in [5.41, 5.74) is 5.31. The van der Waals surface area contributed by atoms with Gasteiger partial charge in [-0.2, -0.15) is 0 Å². The van der Waals surface area contributed by atoms with Gasteiger partial charge >= 0.3 is 17.9 Å². The molecule has 0 aromatic rings. The van der Waals surface area contributed by atoms with E-state index < -0.39 is 57.7 Å². The van der Waals surface area contributed by atoms with Crippen molar-refractivity contribution in [1.29, 1.82) is 0 Å². The number of esters is 2. The van der Waals surface area contributed by atoms with Crippen molar-refractivity contribution >= 4 is 25.7 Å². The van der Waals surface area contributed by atoms with Crippen LogP contribution >= 0.6 is 7.82 Å². The summed E-state index contributed by atoms with van der Waals surface area (Å²) in [4.78, 5) is 48.2. The lowest BCUT2D eigenvalue weighted by Crippen LogP contribution is -2.35. The Morgan fingerprint density at radius 1 is 0.548 bits per heavy atom. The van der Waals surface area contributed by atoms with Crippen LogP contribution in [0.15, 0.2) is 72.9 Å². The summed E-state index contributed by atoms with van der Waals surface area (Å²) in [6.45, 7) is 2.47. The van der Waals surface area contributed by atoms with Gasteiger partial charge in [0.15, 0.2) is 6.10 Å². The van der Waals surface area contributed by atoms with Gasteiger partial charge in [0, 0.05) is 12.8 Å². The lowest BCUT2D eigenvalue weighted by atomic mass is 10.0. The van der Waals surface area contributed by atoms with E-state index in [1.54, 1.807) is 0 Å². The normalized spacial score (nSPS) is 14.1. The number of carbonyl (C=O) groups excluding carboxylic acids is 2. The molecule has 0 aliphatic heterocycles. The predicted octanol–water partition coefficient (Wildman–Crippen LogP) is 12.6. The van der Waals surface area contributed by atoms with Crippen LogP contribution in [0.5, 0.6) is 0 Å². The molecule has 0 spiro atoms. The Labute approximate surface area is 376 Å². The van der Waals surface area contributed by atoms with Crippen LogP contribution in [0.3, 0.4) is 0 Å². The first-order valence-corrected chi connectivity index (χ1v) is 24.9. The minimum absolute atomic E-state index is 0. The Balaban J connectivity index is 0. The van der Waals surface area contributed by atoms with Crippen molar-refractivity contribution in [3.63, 3.8) is 0 Å². The zero-order chi connectivity index (χ0) is 44.9. The van der Waals surface area contributed by atoms with E-state index in [0.717, 1.165) is 51.4 Å². The highest BCUT2D eigenvalue weighted by molar-refractivity contribution is 7.45. The molecule has 0 amide bonds. The fourth-order valence-electron chi connectivity index (χ4n) is 6.09. The van der Waals surface area contributed by atoms with Gasteiger partial charge in [0.1, 0.15) is 12.6 Å². The monoisotopic (exact) mass is 895 g/mol. The van der Waals surface area contributed by atoms with Gasteiger partial charge in [-0.15, -0.1) is 0 Å². The lowest BCUT2D eigenvalue weighted by Gasteiger charge is -2.26. The van der Waals surface area contributed by atoms with E-state index in [-0.39, 0.29) is 19.0 Å². The number of carboxylic acid groups (broad SMARTS) is 1. The smallest absolute Gasteiger partial charge is 0.322 e. The van der Waals surface area contributed by atoms with Crippen LogP contribution in [0.4, 0.5) is 0 Å². The van der Waals surface area contributed by atoms with Crippen LogP contribution < -0.4 is 16.8 Å². The molecule has 0 heterocycles. The molecule has 0 saturated heterocycles. The second-order valence-electron chi connectivity index (χ2n) is 15.5. The quantitative estimate of drug-likeness (QED) is 0.0227. The molecule has 0 aromatic carbocycles. The van der Waals surface area contributed by atoms with Crippen molar-refractivity contribution in [2.75, 3.05) is 19.8 Å². The van der Waals surface area contributed by atoms with Crippen LogP contribution in [0.2, 0.25) is 0 Å². The third-order valence-corrected chi connectivity index (χ3v) is 10.7. The molecule has 62 heavy (non-hydrogen) atoms. The number of nitrogens with two attached hydrogens (primary N) is 1. The van der Waals surface area contributed by atoms with E-state index in [4.69, 9.17) is 24.8 Å². The summed E-state index contributed by atoms with van der Waals surface area (Å²) >= 11 is 0. The number of carboxylic acids is 1. The van der Waals surface area contributed by atoms with E-state index >= 15 is 0 Å². The van der Waals surface area contributed by atoms with Crippen molar-refractivity contribution in [3.8, 4) is 0 Å². The van der Waals surface area contributed by atoms with Gasteiger partial charge in [0.05, 0.1) is 13.2 Å². The highest BCUT2D eigenvalue weighted by Gasteiger charge is 2.22. The van der Waals surface area contributed by atoms with Crippen molar-refractivity contribution in [2.45, 2.75) is 199 Å². The second kappa shape index (κ2) is 45.9. The molecule has 3 atom stereocenters. The molecule has 0 bridgehead atoms. The molecule has 13 heteroatoms. The number of hydrogen-bond donors (Lipinski definition) is 3. The Kier molecular flexibility index (Phi) is 45.1. The van der Waals surface area contributed by atoms with Gasteiger partial charge in [-0.05, 0) is 51.4 Å². The standard InChI is InChI=1S/C49H84NO10P.H3N/c1-3-5-7-9-11-13-15-17-19-21-23-25-27-29-31-33-35-37-39-41-48(52)60-45(43-58-61(55,56)59-44-46(50)49(53)54)42-57-47(51)40-38-36-34-32-30-28-26-24-22-20-18-16-14-12-10-8-6-4-2;/h5,7,11,13,17,19,23,25,29,31,35,37,45-46H,3-4,6,8-10,12,14-16,18,20-22,24,26-28,30,32-34,36,38-44,50H2,1-2H3,(H,53,54)(H,55,56);1H3/b7-5-,13-11-,19-17-,25-23-,31-29-,37-35-;/t45-,46+;/m1./s1. The number of rotatable bonds is 43. The fourth-order valence-corrected chi connectivity index (χ4v) is 6.85. The van der Waals surface area contributed by atoms with Gasteiger partial charge in [0.2, 0.25) is 0 Å². The summed E-state index contributed by atoms with van der Waals surface area (Å²) in [5.74, 6) is -2.55. The minimum Gasteiger partial charge on any atom is -0.756 e. The van der Waals surface area contributed by atoms with E-state index in [2.05, 4.69) is 73.1 Å². The average molecular weight is 895 g/mol. The van der Waals surface area contributed by atoms with Crippen molar-refractivity contribution in [2.24, 2.45) is 5.73 Å². The van der Waals surface area contributed by atoms with E-state index in [0.29, 0.717) is 19.3 Å². The average Bonchev–Trinajstić information content (AvgIpc) is 3.24. The van der Waals surface area contributed by atoms with Crippen molar-refractivity contribution in [1.82, 2.24) is 6.15 Å². The molecule has 0 saturated carbocycles. The van der Waals surface area contributed by atoms with Crippen LogP contribution in [0, 0.1) is 0 Å². The summed E-state index contributed by atoms with van der Waals surface area (Å²) in [6, 6.07) is -1.58. The number of carbonyl (C=O) groups is 3. The summed E-state index contributed by atoms with van der Waals surface area (Å²) in [5, 5.41) is 8.88. The molecule has 0 aromatic heterocycles. The number of aliphatic carboxylic acids is 1. The highest BCUT2D eigenvalue weighted by Crippen LogP contribution is 2.38. The molecule has 358 valence electrons. The number of allylic oxidation sites excluding steroid dienone is 12. The van der Waals surface area contributed by atoms with Gasteiger partial charge in [-0.3, -0.25) is 18.9 Å². The largest absolute Gasteiger partial charge is 0.756 e. The summed E-state index contributed by atoms with van der Waals surface area (Å²) in [7, 11) is -4.99. The maximum absolute atomic E-state index is 12.6. The summed E-state index contributed by atoms with van der Waals surface area (Å²) in [6.07, 6.45) is 52.5. The third-order valence-electron chi connectivity index (χ3n) is 9.72. The topological polar surface area (TPSA) is 211 Å². The molecule has 0 aliphatic rings. The third kappa shape index (κ3) is 44.9. The first-order chi connectivity index (χ1) is 29.6. The number of ether oxygens (including phenoxy) is 2. The van der Waals surface area contributed by atoms with E-state index in [9.17, 15) is 23.8 Å². The molecular weight excluding hydrogens is 808 g/mol. The number of phosphoric acid groups is 1. The lowest BCUT2D eigenvalue weighted by molar-refractivity contribution is -0.228. The van der Waals surface area contributed by atoms with Crippen LogP contribution in [0.1, 0.15) is 187 Å². The molecule has 0 fully saturated rings. The molecule has 7 N–H and O–H groups in total. The van der Waals surface area contributed by atoms with Gasteiger partial charge in [-0.1, -0.05) is 196 Å². The maximum atomic E-state index is 12.6. The van der Waals surface area contributed by atoms with Crippen LogP contribution in [-0.2, 0) is 37.5 Å². The summed E-state index contributed by atoms with van der Waals surface area (Å²) < 4.78 is 32.3. The molecule has 1 unspecified atom stereocenters. The van der Waals surface area contributed by atoms with Gasteiger partial charge < -0.3 is 40.4 Å². The molecule has 12 nitrogen and oxygen atoms in total. The van der Waals surface area contributed by atoms with Gasteiger partial charge in [-0.25, -0.2) is 0 Å². The highest BCUT2D eigenvalue weighted by atomic mass is 31.2. The van der Waals surface area contributed by atoms with Crippen molar-refractivity contribution < 1.29 is 47.5 Å². The minimum atomic E-state index is -4.99. The first kappa shape index (κ1) is 61.0. The SMILES string of the molecule is CC/C=C\C/C=C\C/C=C\C/C=C\C/C=C\C/C=C\CCC(=O)O[C@H](COC(=O)CCCCCCCCCCCCCCCCCCCC)COP(=O)([O-])OC[C@H](N)C(=O)O.[NH4+]. The molecular formula is C49H87N2O10P. The number of phosphoric ester groups is 1. The number of hydrogen-bond acceptors (Lipinski definition) is 10. The Morgan fingerprint density at radius 3 is 1.35 bits per heavy atom. The zero-order valence-corrected chi connectivity index (χ0v) is 39.8. The zero-order valence-electron chi connectivity index (χ0n) is 38.9. The molecule has 0 radical (unpaired) electrons. The predicted molar refractivity (Wildman–Crippen MR) is 253 cm³/mol. The maximum Gasteiger partial charge on any atom is 0.322 e. The second-order valence-corrected chi connectivity index (χ2v) is 16.9. The van der Waals surface area contributed by atoms with Crippen molar-refractivity contribution in [3.05, 3.63) is 72.9 Å². The Bertz CT molecular complexity index is 1310. The Morgan fingerprint density at radius 2 is 0.935 bits per heavy atom. The van der Waals surface area contributed by atoms with Crippen LogP contribution in [0.25, 0.3) is 0 Å². The van der Waals surface area contributed by atoms with Crippen LogP contribution in [-0.4, -0.2) is 55.0 Å². The Hall–Kier alpha value is -3.12. The molecule has 0 aliphatic carbocycles. The fraction of sp³-hybridized carbons (Fsp3) is 0.694. The first-order valence-electron chi connectivity index (χ1n) is 23.4. The number of unbranched alkanes of at least 4 members (excludes halogenated alkanes) is 17.